The van der Waals surface area contributed by atoms with Crippen LogP contribution in [0.15, 0.2) is 42.6 Å². The highest BCUT2D eigenvalue weighted by molar-refractivity contribution is 5.18. The van der Waals surface area contributed by atoms with Crippen LogP contribution in [-0.2, 0) is 13.1 Å². The van der Waals surface area contributed by atoms with Crippen LogP contribution >= 0.6 is 0 Å². The van der Waals surface area contributed by atoms with E-state index in [0.29, 0.717) is 0 Å². The molecule has 1 fully saturated rings. The van der Waals surface area contributed by atoms with Gasteiger partial charge in [-0.25, -0.2) is 4.39 Å². The lowest BCUT2D eigenvalue weighted by Gasteiger charge is -2.31. The fraction of sp³-hybridized carbons (Fsp3) is 0.565. The Kier molecular flexibility index (Phi) is 7.48. The van der Waals surface area contributed by atoms with E-state index in [9.17, 15) is 9.50 Å². The zero-order chi connectivity index (χ0) is 19.1. The molecule has 1 saturated carbocycles. The molecule has 27 heavy (non-hydrogen) atoms. The summed E-state index contributed by atoms with van der Waals surface area (Å²) in [4.78, 5) is 2.43. The van der Waals surface area contributed by atoms with E-state index in [2.05, 4.69) is 27.8 Å². The molecule has 1 atom stereocenters. The standard InChI is InChI=1S/C23H33FN2O/c1-2-23(27)18-25(15-19-7-4-3-5-8-19)17-22-9-6-14-26(22)16-20-10-12-21(24)13-11-20/h6,9-14,19,23,27H,2-5,7-8,15-18H2,1H3/t23-/m0/s1. The van der Waals surface area contributed by atoms with Crippen LogP contribution in [0.4, 0.5) is 4.39 Å². The van der Waals surface area contributed by atoms with Crippen molar-refractivity contribution in [2.45, 2.75) is 64.6 Å². The summed E-state index contributed by atoms with van der Waals surface area (Å²) in [5.41, 5.74) is 2.35. The summed E-state index contributed by atoms with van der Waals surface area (Å²) in [6, 6.07) is 11.0. The smallest absolute Gasteiger partial charge is 0.123 e. The first-order valence-electron chi connectivity index (χ1n) is 10.4. The summed E-state index contributed by atoms with van der Waals surface area (Å²) >= 11 is 0. The lowest BCUT2D eigenvalue weighted by Crippen LogP contribution is -2.36. The van der Waals surface area contributed by atoms with Crippen molar-refractivity contribution in [1.29, 1.82) is 0 Å². The van der Waals surface area contributed by atoms with Crippen molar-refractivity contribution in [3.8, 4) is 0 Å². The lowest BCUT2D eigenvalue weighted by molar-refractivity contribution is 0.0889. The fourth-order valence-electron chi connectivity index (χ4n) is 4.13. The van der Waals surface area contributed by atoms with Gasteiger partial charge in [-0.1, -0.05) is 38.3 Å². The van der Waals surface area contributed by atoms with Gasteiger partial charge in [0.2, 0.25) is 0 Å². The van der Waals surface area contributed by atoms with E-state index >= 15 is 0 Å². The number of aromatic nitrogens is 1. The van der Waals surface area contributed by atoms with Crippen LogP contribution in [0.1, 0.15) is 56.7 Å². The van der Waals surface area contributed by atoms with Gasteiger partial charge in [0.15, 0.2) is 0 Å². The highest BCUT2D eigenvalue weighted by Gasteiger charge is 2.20. The van der Waals surface area contributed by atoms with Crippen LogP contribution in [0.2, 0.25) is 0 Å². The molecule has 0 spiro atoms. The number of rotatable bonds is 9. The van der Waals surface area contributed by atoms with Gasteiger partial charge in [-0.15, -0.1) is 0 Å². The Balaban J connectivity index is 1.67. The molecule has 2 aromatic rings. The fourth-order valence-corrected chi connectivity index (χ4v) is 4.13. The van der Waals surface area contributed by atoms with Crippen LogP contribution in [-0.4, -0.2) is 33.8 Å². The average Bonchev–Trinajstić information content (AvgIpc) is 3.11. The molecule has 0 unspecified atom stereocenters. The molecular weight excluding hydrogens is 339 g/mol. The zero-order valence-electron chi connectivity index (χ0n) is 16.5. The number of aliphatic hydroxyl groups is 1. The molecule has 1 aromatic heterocycles. The van der Waals surface area contributed by atoms with E-state index in [4.69, 9.17) is 0 Å². The highest BCUT2D eigenvalue weighted by atomic mass is 19.1. The molecule has 1 heterocycles. The molecule has 0 bridgehead atoms. The summed E-state index contributed by atoms with van der Waals surface area (Å²) in [5.74, 6) is 0.557. The minimum absolute atomic E-state index is 0.196. The Morgan fingerprint density at radius 2 is 1.89 bits per heavy atom. The van der Waals surface area contributed by atoms with Gasteiger partial charge in [-0.05, 0) is 55.0 Å². The summed E-state index contributed by atoms with van der Waals surface area (Å²) in [6.45, 7) is 5.44. The monoisotopic (exact) mass is 372 g/mol. The minimum Gasteiger partial charge on any atom is -0.392 e. The van der Waals surface area contributed by atoms with Crippen molar-refractivity contribution in [1.82, 2.24) is 9.47 Å². The average molecular weight is 373 g/mol. The van der Waals surface area contributed by atoms with E-state index in [0.717, 1.165) is 44.1 Å². The van der Waals surface area contributed by atoms with Gasteiger partial charge in [0, 0.05) is 38.1 Å². The topological polar surface area (TPSA) is 28.4 Å². The Bertz CT molecular complexity index is 676. The molecule has 3 nitrogen and oxygen atoms in total. The van der Waals surface area contributed by atoms with E-state index < -0.39 is 0 Å². The largest absolute Gasteiger partial charge is 0.392 e. The molecule has 3 rings (SSSR count). The SMILES string of the molecule is CC[C@H](O)CN(Cc1cccn1Cc1ccc(F)cc1)CC1CCCCC1. The predicted octanol–water partition coefficient (Wildman–Crippen LogP) is 4.83. The highest BCUT2D eigenvalue weighted by Crippen LogP contribution is 2.25. The summed E-state index contributed by atoms with van der Waals surface area (Å²) in [7, 11) is 0. The molecule has 148 valence electrons. The maximum atomic E-state index is 13.2. The minimum atomic E-state index is -0.269. The number of halogens is 1. The Labute approximate surface area is 162 Å². The van der Waals surface area contributed by atoms with Gasteiger partial charge >= 0.3 is 0 Å². The van der Waals surface area contributed by atoms with Crippen molar-refractivity contribution in [3.63, 3.8) is 0 Å². The Hall–Kier alpha value is -1.65. The second kappa shape index (κ2) is 10.0. The molecule has 0 aliphatic heterocycles. The Morgan fingerprint density at radius 1 is 1.15 bits per heavy atom. The van der Waals surface area contributed by atoms with Crippen molar-refractivity contribution >= 4 is 0 Å². The van der Waals surface area contributed by atoms with E-state index in [1.807, 2.05) is 19.1 Å². The first-order chi connectivity index (χ1) is 13.1. The van der Waals surface area contributed by atoms with Crippen molar-refractivity contribution in [3.05, 3.63) is 59.7 Å². The van der Waals surface area contributed by atoms with Crippen LogP contribution in [0, 0.1) is 11.7 Å². The summed E-state index contributed by atoms with van der Waals surface area (Å²) in [6.07, 6.45) is 9.30. The molecule has 0 amide bonds. The molecule has 0 saturated heterocycles. The molecule has 0 radical (unpaired) electrons. The maximum Gasteiger partial charge on any atom is 0.123 e. The van der Waals surface area contributed by atoms with Crippen molar-refractivity contribution in [2.24, 2.45) is 5.92 Å². The number of aliphatic hydroxyl groups excluding tert-OH is 1. The van der Waals surface area contributed by atoms with Gasteiger partial charge in [0.25, 0.3) is 0 Å². The first-order valence-corrected chi connectivity index (χ1v) is 10.4. The van der Waals surface area contributed by atoms with Crippen LogP contribution < -0.4 is 0 Å². The van der Waals surface area contributed by atoms with E-state index in [1.54, 1.807) is 0 Å². The lowest BCUT2D eigenvalue weighted by atomic mass is 9.89. The third-order valence-electron chi connectivity index (χ3n) is 5.76. The molecule has 1 aromatic carbocycles. The number of benzene rings is 1. The number of hydrogen-bond donors (Lipinski definition) is 1. The quantitative estimate of drug-likeness (QED) is 0.683. The van der Waals surface area contributed by atoms with Gasteiger partial charge in [-0.3, -0.25) is 4.90 Å². The van der Waals surface area contributed by atoms with Crippen LogP contribution in [0.5, 0.6) is 0 Å². The van der Waals surface area contributed by atoms with E-state index in [-0.39, 0.29) is 11.9 Å². The van der Waals surface area contributed by atoms with Gasteiger partial charge in [-0.2, -0.15) is 0 Å². The molecule has 1 N–H and O–H groups in total. The van der Waals surface area contributed by atoms with Crippen molar-refractivity contribution < 1.29 is 9.50 Å². The third-order valence-corrected chi connectivity index (χ3v) is 5.76. The van der Waals surface area contributed by atoms with E-state index in [1.165, 1.54) is 49.9 Å². The zero-order valence-corrected chi connectivity index (χ0v) is 16.5. The second-order valence-electron chi connectivity index (χ2n) is 8.01. The normalized spacial score (nSPS) is 16.7. The second-order valence-corrected chi connectivity index (χ2v) is 8.01. The van der Waals surface area contributed by atoms with Crippen LogP contribution in [0.3, 0.4) is 0 Å². The predicted molar refractivity (Wildman–Crippen MR) is 108 cm³/mol. The van der Waals surface area contributed by atoms with Gasteiger partial charge < -0.3 is 9.67 Å². The third kappa shape index (κ3) is 6.18. The molecular formula is C23H33FN2O. The number of hydrogen-bond acceptors (Lipinski definition) is 2. The van der Waals surface area contributed by atoms with Crippen LogP contribution in [0.25, 0.3) is 0 Å². The van der Waals surface area contributed by atoms with Gasteiger partial charge in [0.05, 0.1) is 6.10 Å². The number of nitrogens with zero attached hydrogens (tertiary/aromatic N) is 2. The maximum absolute atomic E-state index is 13.2. The molecule has 4 heteroatoms. The van der Waals surface area contributed by atoms with Gasteiger partial charge in [0.1, 0.15) is 5.82 Å². The Morgan fingerprint density at radius 3 is 2.59 bits per heavy atom. The first kappa shape index (κ1) is 20.1. The molecule has 1 aliphatic rings. The van der Waals surface area contributed by atoms with Crippen molar-refractivity contribution in [2.75, 3.05) is 13.1 Å². The summed E-state index contributed by atoms with van der Waals surface area (Å²) < 4.78 is 15.4. The molecule has 1 aliphatic carbocycles. The summed E-state index contributed by atoms with van der Waals surface area (Å²) in [5, 5.41) is 10.2.